The maximum absolute atomic E-state index is 12.2. The predicted molar refractivity (Wildman–Crippen MR) is 116 cm³/mol. The number of rotatable bonds is 7. The molecule has 6 nitrogen and oxygen atoms in total. The molecule has 2 rings (SSSR count). The third-order valence-electron chi connectivity index (χ3n) is 4.46. The zero-order valence-electron chi connectivity index (χ0n) is 17.6. The average Bonchev–Trinajstić information content (AvgIpc) is 2.70. The lowest BCUT2D eigenvalue weighted by molar-refractivity contribution is -0.153. The largest absolute Gasteiger partial charge is 0.451 e. The molecule has 2 aromatic rings. The highest BCUT2D eigenvalue weighted by atomic mass is 35.5. The van der Waals surface area contributed by atoms with Gasteiger partial charge in [-0.2, -0.15) is 0 Å². The lowest BCUT2D eigenvalue weighted by Crippen LogP contribution is -2.38. The molecule has 0 aliphatic heterocycles. The molecule has 2 N–H and O–H groups in total. The summed E-state index contributed by atoms with van der Waals surface area (Å²) < 4.78 is 5.08. The number of nitrogens with one attached hydrogen (secondary N) is 2. The maximum atomic E-state index is 12.2. The third-order valence-corrected chi connectivity index (χ3v) is 4.72. The second-order valence-corrected chi connectivity index (χ2v) is 8.42. The molecule has 160 valence electrons. The average molecular weight is 431 g/mol. The van der Waals surface area contributed by atoms with E-state index < -0.39 is 18.0 Å². The molecule has 1 atom stereocenters. The van der Waals surface area contributed by atoms with Gasteiger partial charge in [0.2, 0.25) is 0 Å². The third kappa shape index (κ3) is 7.19. The van der Waals surface area contributed by atoms with Crippen molar-refractivity contribution in [3.8, 4) is 0 Å². The van der Waals surface area contributed by atoms with Gasteiger partial charge in [-0.05, 0) is 47.7 Å². The van der Waals surface area contributed by atoms with E-state index in [1.165, 1.54) is 6.92 Å². The van der Waals surface area contributed by atoms with E-state index in [0.29, 0.717) is 17.1 Å². The highest BCUT2D eigenvalue weighted by Crippen LogP contribution is 2.22. The van der Waals surface area contributed by atoms with E-state index in [-0.39, 0.29) is 17.9 Å². The van der Waals surface area contributed by atoms with Crippen LogP contribution in [-0.2, 0) is 26.3 Å². The van der Waals surface area contributed by atoms with Gasteiger partial charge >= 0.3 is 5.97 Å². The Morgan fingerprint density at radius 2 is 1.57 bits per heavy atom. The van der Waals surface area contributed by atoms with Gasteiger partial charge in [0.05, 0.1) is 0 Å². The lowest BCUT2D eigenvalue weighted by Gasteiger charge is -2.19. The molecule has 0 aliphatic rings. The Kier molecular flexibility index (Phi) is 8.00. The molecule has 1 unspecified atom stereocenters. The van der Waals surface area contributed by atoms with E-state index in [0.717, 1.165) is 11.1 Å². The Labute approximate surface area is 182 Å². The smallest absolute Gasteiger partial charge is 0.326 e. The molecule has 0 saturated carbocycles. The molecule has 0 fully saturated rings. The molecule has 0 radical (unpaired) electrons. The maximum Gasteiger partial charge on any atom is 0.326 e. The van der Waals surface area contributed by atoms with Crippen LogP contribution in [0, 0.1) is 0 Å². The molecule has 7 heteroatoms. The van der Waals surface area contributed by atoms with E-state index >= 15 is 0 Å². The van der Waals surface area contributed by atoms with Crippen LogP contribution in [0.15, 0.2) is 48.5 Å². The van der Waals surface area contributed by atoms with Crippen LogP contribution >= 0.6 is 11.6 Å². The van der Waals surface area contributed by atoms with Crippen molar-refractivity contribution >= 4 is 29.4 Å². The fraction of sp³-hybridized carbons (Fsp3) is 0.348. The second kappa shape index (κ2) is 10.3. The lowest BCUT2D eigenvalue weighted by atomic mass is 9.87. The number of hydrogen-bond acceptors (Lipinski definition) is 4. The van der Waals surface area contributed by atoms with Gasteiger partial charge in [0.15, 0.2) is 6.10 Å². The van der Waals surface area contributed by atoms with Crippen LogP contribution in [0.1, 0.15) is 49.2 Å². The Balaban J connectivity index is 1.76. The molecule has 30 heavy (non-hydrogen) atoms. The standard InChI is InChI=1S/C23H27ClN2O4/c1-15(21(28)25-13-16-5-11-19(24)12-6-16)30-20(27)14-26-22(29)17-7-9-18(10-8-17)23(2,3)4/h5-12,15H,13-14H2,1-4H3,(H,25,28)(H,26,29). The number of benzene rings is 2. The highest BCUT2D eigenvalue weighted by Gasteiger charge is 2.19. The number of hydrogen-bond donors (Lipinski definition) is 2. The van der Waals surface area contributed by atoms with Crippen LogP contribution in [-0.4, -0.2) is 30.4 Å². The molecule has 2 aromatic carbocycles. The molecule has 0 saturated heterocycles. The molecular weight excluding hydrogens is 404 g/mol. The number of carbonyl (C=O) groups excluding carboxylic acids is 3. The zero-order valence-corrected chi connectivity index (χ0v) is 18.4. The van der Waals surface area contributed by atoms with Crippen molar-refractivity contribution in [1.82, 2.24) is 10.6 Å². The monoisotopic (exact) mass is 430 g/mol. The molecular formula is C23H27ClN2O4. The van der Waals surface area contributed by atoms with E-state index in [1.54, 1.807) is 36.4 Å². The number of ether oxygens (including phenoxy) is 1. The summed E-state index contributed by atoms with van der Waals surface area (Å²) in [6, 6.07) is 14.3. The van der Waals surface area contributed by atoms with Crippen molar-refractivity contribution in [3.05, 3.63) is 70.2 Å². The predicted octanol–water partition coefficient (Wildman–Crippen LogP) is 3.62. The van der Waals surface area contributed by atoms with Gasteiger partial charge in [-0.15, -0.1) is 0 Å². The van der Waals surface area contributed by atoms with Crippen molar-refractivity contribution in [2.75, 3.05) is 6.54 Å². The van der Waals surface area contributed by atoms with Crippen LogP contribution < -0.4 is 10.6 Å². The minimum absolute atomic E-state index is 0.0108. The van der Waals surface area contributed by atoms with Gasteiger partial charge in [0, 0.05) is 17.1 Å². The summed E-state index contributed by atoms with van der Waals surface area (Å²) in [7, 11) is 0. The van der Waals surface area contributed by atoms with Gasteiger partial charge < -0.3 is 15.4 Å². The summed E-state index contributed by atoms with van der Waals surface area (Å²) in [4.78, 5) is 36.3. The molecule has 0 bridgehead atoms. The minimum atomic E-state index is -0.979. The SMILES string of the molecule is CC(OC(=O)CNC(=O)c1ccc(C(C)(C)C)cc1)C(=O)NCc1ccc(Cl)cc1. The normalized spacial score (nSPS) is 12.0. The van der Waals surface area contributed by atoms with E-state index in [1.807, 2.05) is 12.1 Å². The van der Waals surface area contributed by atoms with Crippen molar-refractivity contribution < 1.29 is 19.1 Å². The summed E-state index contributed by atoms with van der Waals surface area (Å²) in [5.74, 6) is -1.50. The first-order valence-corrected chi connectivity index (χ1v) is 10.0. The fourth-order valence-electron chi connectivity index (χ4n) is 2.60. The van der Waals surface area contributed by atoms with Crippen LogP contribution in [0.2, 0.25) is 5.02 Å². The van der Waals surface area contributed by atoms with Crippen molar-refractivity contribution in [2.24, 2.45) is 0 Å². The van der Waals surface area contributed by atoms with E-state index in [4.69, 9.17) is 16.3 Å². The van der Waals surface area contributed by atoms with Crippen molar-refractivity contribution in [3.63, 3.8) is 0 Å². The van der Waals surface area contributed by atoms with Gasteiger partial charge in [-0.3, -0.25) is 14.4 Å². The number of halogens is 1. The van der Waals surface area contributed by atoms with Gasteiger partial charge in [0.1, 0.15) is 6.54 Å². The quantitative estimate of drug-likeness (QED) is 0.657. The van der Waals surface area contributed by atoms with Crippen molar-refractivity contribution in [1.29, 1.82) is 0 Å². The zero-order chi connectivity index (χ0) is 22.3. The molecule has 0 spiro atoms. The van der Waals surface area contributed by atoms with Crippen molar-refractivity contribution in [2.45, 2.75) is 45.8 Å². The van der Waals surface area contributed by atoms with E-state index in [2.05, 4.69) is 31.4 Å². The van der Waals surface area contributed by atoms with Crippen LogP contribution in [0.4, 0.5) is 0 Å². The Morgan fingerprint density at radius 1 is 0.967 bits per heavy atom. The van der Waals surface area contributed by atoms with Crippen LogP contribution in [0.3, 0.4) is 0 Å². The first kappa shape index (κ1) is 23.4. The minimum Gasteiger partial charge on any atom is -0.451 e. The first-order valence-electron chi connectivity index (χ1n) is 9.66. The van der Waals surface area contributed by atoms with Crippen LogP contribution in [0.25, 0.3) is 0 Å². The van der Waals surface area contributed by atoms with Crippen LogP contribution in [0.5, 0.6) is 0 Å². The van der Waals surface area contributed by atoms with E-state index in [9.17, 15) is 14.4 Å². The summed E-state index contributed by atoms with van der Waals surface area (Å²) in [5.41, 5.74) is 2.42. The molecule has 0 aliphatic carbocycles. The molecule has 0 aromatic heterocycles. The summed E-state index contributed by atoms with van der Waals surface area (Å²) in [6.07, 6.45) is -0.979. The van der Waals surface area contributed by atoms with Gasteiger partial charge in [0.25, 0.3) is 11.8 Å². The number of esters is 1. The summed E-state index contributed by atoms with van der Waals surface area (Å²) in [5, 5.41) is 5.80. The fourth-order valence-corrected chi connectivity index (χ4v) is 2.73. The second-order valence-electron chi connectivity index (χ2n) is 7.99. The highest BCUT2D eigenvalue weighted by molar-refractivity contribution is 6.30. The first-order chi connectivity index (χ1) is 14.1. The summed E-state index contributed by atoms with van der Waals surface area (Å²) in [6.45, 7) is 7.70. The van der Waals surface area contributed by atoms with Gasteiger partial charge in [-0.25, -0.2) is 0 Å². The topological polar surface area (TPSA) is 84.5 Å². The summed E-state index contributed by atoms with van der Waals surface area (Å²) >= 11 is 5.82. The molecule has 0 heterocycles. The number of carbonyl (C=O) groups is 3. The Bertz CT molecular complexity index is 887. The molecule has 2 amide bonds. The Morgan fingerprint density at radius 3 is 2.13 bits per heavy atom. The van der Waals surface area contributed by atoms with Gasteiger partial charge in [-0.1, -0.05) is 56.6 Å². The number of amides is 2. The Hall–Kier alpha value is -2.86.